The van der Waals surface area contributed by atoms with E-state index < -0.39 is 0 Å². The van der Waals surface area contributed by atoms with E-state index in [-0.39, 0.29) is 17.4 Å². The van der Waals surface area contributed by atoms with Crippen molar-refractivity contribution < 1.29 is 14.3 Å². The Labute approximate surface area is 180 Å². The van der Waals surface area contributed by atoms with E-state index in [2.05, 4.69) is 28.8 Å². The minimum Gasteiger partial charge on any atom is -0.481 e. The van der Waals surface area contributed by atoms with E-state index in [0.717, 1.165) is 33.5 Å². The number of fused-ring (bicyclic) bond motifs is 1. The fourth-order valence-corrected chi connectivity index (χ4v) is 5.16. The maximum absolute atomic E-state index is 13.2. The second kappa shape index (κ2) is 7.92. The molecule has 0 saturated carbocycles. The summed E-state index contributed by atoms with van der Waals surface area (Å²) in [6, 6.07) is 3.72. The number of hydrogen-bond donors (Lipinski definition) is 0. The first kappa shape index (κ1) is 20.7. The first-order chi connectivity index (χ1) is 14.3. The SMILES string of the molecule is COc1cc(CN(C)C(=O)c2sc3ncnc(C4COC(C)(C)C4)c3c2C)ccn1. The van der Waals surface area contributed by atoms with Gasteiger partial charge >= 0.3 is 0 Å². The van der Waals surface area contributed by atoms with E-state index in [4.69, 9.17) is 9.47 Å². The highest BCUT2D eigenvalue weighted by atomic mass is 32.1. The zero-order valence-corrected chi connectivity index (χ0v) is 18.7. The molecule has 1 unspecified atom stereocenters. The molecule has 1 atom stereocenters. The summed E-state index contributed by atoms with van der Waals surface area (Å²) in [5.41, 5.74) is 2.73. The number of nitrogens with zero attached hydrogens (tertiary/aromatic N) is 4. The number of thiophene rings is 1. The lowest BCUT2D eigenvalue weighted by Crippen LogP contribution is -2.26. The second-order valence-electron chi connectivity index (χ2n) is 8.33. The van der Waals surface area contributed by atoms with Crippen molar-refractivity contribution in [2.75, 3.05) is 20.8 Å². The molecule has 0 spiro atoms. The molecule has 3 aromatic rings. The van der Waals surface area contributed by atoms with Gasteiger partial charge in [-0.2, -0.15) is 0 Å². The Bertz CT molecular complexity index is 1100. The van der Waals surface area contributed by atoms with Crippen LogP contribution >= 0.6 is 11.3 Å². The standard InChI is InChI=1S/C22H26N4O3S/c1-13-17-18(15-9-22(2,3)29-11-15)24-12-25-20(17)30-19(13)21(27)26(4)10-14-6-7-23-16(8-14)28-5/h6-8,12,15H,9-11H2,1-5H3. The third-order valence-electron chi connectivity index (χ3n) is 5.53. The molecule has 3 aromatic heterocycles. The van der Waals surface area contributed by atoms with Crippen LogP contribution in [0.1, 0.15) is 52.7 Å². The molecule has 30 heavy (non-hydrogen) atoms. The molecule has 1 amide bonds. The molecule has 0 aliphatic carbocycles. The Balaban J connectivity index is 1.63. The van der Waals surface area contributed by atoms with Crippen LogP contribution in [-0.4, -0.2) is 52.1 Å². The number of carbonyl (C=O) groups is 1. The van der Waals surface area contributed by atoms with Crippen molar-refractivity contribution in [1.82, 2.24) is 19.9 Å². The zero-order valence-electron chi connectivity index (χ0n) is 17.9. The summed E-state index contributed by atoms with van der Waals surface area (Å²) in [7, 11) is 3.38. The number of methoxy groups -OCH3 is 1. The van der Waals surface area contributed by atoms with Crippen LogP contribution < -0.4 is 4.74 Å². The van der Waals surface area contributed by atoms with Gasteiger partial charge in [0.05, 0.1) is 29.9 Å². The van der Waals surface area contributed by atoms with Gasteiger partial charge in [-0.3, -0.25) is 4.79 Å². The highest BCUT2D eigenvalue weighted by Crippen LogP contribution is 2.40. The van der Waals surface area contributed by atoms with E-state index in [1.165, 1.54) is 11.3 Å². The van der Waals surface area contributed by atoms with Gasteiger partial charge in [-0.1, -0.05) is 0 Å². The predicted molar refractivity (Wildman–Crippen MR) is 116 cm³/mol. The van der Waals surface area contributed by atoms with Gasteiger partial charge in [0.15, 0.2) is 0 Å². The summed E-state index contributed by atoms with van der Waals surface area (Å²) in [6.45, 7) is 7.30. The normalized spacial score (nSPS) is 18.0. The molecule has 7 nitrogen and oxygen atoms in total. The summed E-state index contributed by atoms with van der Waals surface area (Å²) < 4.78 is 11.1. The fourth-order valence-electron chi connectivity index (χ4n) is 4.00. The Morgan fingerprint density at radius 1 is 1.37 bits per heavy atom. The van der Waals surface area contributed by atoms with Gasteiger partial charge in [-0.05, 0) is 44.4 Å². The maximum atomic E-state index is 13.2. The van der Waals surface area contributed by atoms with Crippen molar-refractivity contribution in [3.8, 4) is 5.88 Å². The van der Waals surface area contributed by atoms with Crippen LogP contribution in [0.15, 0.2) is 24.7 Å². The largest absolute Gasteiger partial charge is 0.481 e. The van der Waals surface area contributed by atoms with Gasteiger partial charge in [-0.25, -0.2) is 15.0 Å². The summed E-state index contributed by atoms with van der Waals surface area (Å²) in [5, 5.41) is 0.996. The van der Waals surface area contributed by atoms with Crippen LogP contribution in [0.4, 0.5) is 0 Å². The second-order valence-corrected chi connectivity index (χ2v) is 9.33. The molecule has 1 fully saturated rings. The van der Waals surface area contributed by atoms with Crippen molar-refractivity contribution in [3.63, 3.8) is 0 Å². The molecular weight excluding hydrogens is 400 g/mol. The molecule has 0 aromatic carbocycles. The van der Waals surface area contributed by atoms with Crippen molar-refractivity contribution in [3.05, 3.63) is 46.4 Å². The van der Waals surface area contributed by atoms with Crippen LogP contribution in [0.2, 0.25) is 0 Å². The molecule has 0 N–H and O–H groups in total. The van der Waals surface area contributed by atoms with Gasteiger partial charge in [0.25, 0.3) is 5.91 Å². The molecule has 0 radical (unpaired) electrons. The molecule has 8 heteroatoms. The Morgan fingerprint density at radius 3 is 2.87 bits per heavy atom. The maximum Gasteiger partial charge on any atom is 0.264 e. The number of rotatable bonds is 5. The molecule has 1 saturated heterocycles. The molecule has 158 valence electrons. The number of amides is 1. The van der Waals surface area contributed by atoms with Crippen molar-refractivity contribution in [2.45, 2.75) is 45.3 Å². The number of ether oxygens (including phenoxy) is 2. The minimum atomic E-state index is -0.156. The van der Waals surface area contributed by atoms with Crippen molar-refractivity contribution >= 4 is 27.5 Å². The van der Waals surface area contributed by atoms with E-state index in [0.29, 0.717) is 23.9 Å². The van der Waals surface area contributed by atoms with Crippen molar-refractivity contribution in [2.24, 2.45) is 0 Å². The van der Waals surface area contributed by atoms with Crippen LogP contribution in [0.3, 0.4) is 0 Å². The van der Waals surface area contributed by atoms with E-state index in [1.54, 1.807) is 31.6 Å². The highest BCUT2D eigenvalue weighted by molar-refractivity contribution is 7.20. The Hall–Kier alpha value is -2.58. The van der Waals surface area contributed by atoms with Crippen LogP contribution in [0, 0.1) is 6.92 Å². The average molecular weight is 427 g/mol. The summed E-state index contributed by atoms with van der Waals surface area (Å²) >= 11 is 1.43. The van der Waals surface area contributed by atoms with Crippen LogP contribution in [0.25, 0.3) is 10.2 Å². The smallest absolute Gasteiger partial charge is 0.264 e. The van der Waals surface area contributed by atoms with Crippen LogP contribution in [-0.2, 0) is 11.3 Å². The molecule has 4 rings (SSSR count). The summed E-state index contributed by atoms with van der Waals surface area (Å²) in [6.07, 6.45) is 4.19. The highest BCUT2D eigenvalue weighted by Gasteiger charge is 2.35. The zero-order chi connectivity index (χ0) is 21.5. The van der Waals surface area contributed by atoms with E-state index in [9.17, 15) is 4.79 Å². The van der Waals surface area contributed by atoms with Gasteiger partial charge in [-0.15, -0.1) is 11.3 Å². The van der Waals surface area contributed by atoms with E-state index in [1.807, 2.05) is 19.1 Å². The molecule has 4 heterocycles. The molecular formula is C22H26N4O3S. The van der Waals surface area contributed by atoms with Crippen molar-refractivity contribution in [1.29, 1.82) is 0 Å². The third kappa shape index (κ3) is 3.89. The minimum absolute atomic E-state index is 0.0276. The molecule has 0 bridgehead atoms. The first-order valence-corrected chi connectivity index (χ1v) is 10.7. The lowest BCUT2D eigenvalue weighted by atomic mass is 9.93. The summed E-state index contributed by atoms with van der Waals surface area (Å²) in [4.78, 5) is 29.7. The number of pyridine rings is 1. The van der Waals surface area contributed by atoms with Gasteiger partial charge in [0.1, 0.15) is 11.2 Å². The monoisotopic (exact) mass is 426 g/mol. The topological polar surface area (TPSA) is 77.4 Å². The lowest BCUT2D eigenvalue weighted by Gasteiger charge is -2.17. The predicted octanol–water partition coefficient (Wildman–Crippen LogP) is 3.96. The average Bonchev–Trinajstić information content (AvgIpc) is 3.26. The third-order valence-corrected chi connectivity index (χ3v) is 6.71. The Kier molecular flexibility index (Phi) is 5.46. The fraction of sp³-hybridized carbons (Fsp3) is 0.455. The van der Waals surface area contributed by atoms with Crippen LogP contribution in [0.5, 0.6) is 5.88 Å². The number of carbonyl (C=O) groups excluding carboxylic acids is 1. The molecule has 1 aliphatic heterocycles. The molecule has 1 aliphatic rings. The first-order valence-electron chi connectivity index (χ1n) is 9.91. The number of aromatic nitrogens is 3. The van der Waals surface area contributed by atoms with Gasteiger partial charge in [0.2, 0.25) is 5.88 Å². The lowest BCUT2D eigenvalue weighted by molar-refractivity contribution is 0.0360. The van der Waals surface area contributed by atoms with Gasteiger partial charge in [0, 0.05) is 37.2 Å². The Morgan fingerprint density at radius 2 is 2.17 bits per heavy atom. The number of aryl methyl sites for hydroxylation is 1. The summed E-state index contributed by atoms with van der Waals surface area (Å²) in [5.74, 6) is 0.719. The van der Waals surface area contributed by atoms with E-state index >= 15 is 0 Å². The number of hydrogen-bond acceptors (Lipinski definition) is 7. The van der Waals surface area contributed by atoms with Gasteiger partial charge < -0.3 is 14.4 Å². The quantitative estimate of drug-likeness (QED) is 0.615.